The molecule has 4 aromatic rings. The Bertz CT molecular complexity index is 1100. The highest BCUT2D eigenvalue weighted by molar-refractivity contribution is 7.23. The number of anilines is 1. The third-order valence-electron chi connectivity index (χ3n) is 3.74. The molecule has 4 rings (SSSR count). The first-order chi connectivity index (χ1) is 13.4. The lowest BCUT2D eigenvalue weighted by molar-refractivity contribution is -0.167. The van der Waals surface area contributed by atoms with Crippen LogP contribution in [-0.4, -0.2) is 17.1 Å². The fraction of sp³-hybridized carbons (Fsp3) is 0.0526. The molecule has 1 aromatic carbocycles. The van der Waals surface area contributed by atoms with Gasteiger partial charge in [-0.25, -0.2) is 4.98 Å². The minimum Gasteiger partial charge on any atom is -0.419 e. The van der Waals surface area contributed by atoms with Gasteiger partial charge in [-0.2, -0.15) is 13.2 Å². The molecule has 9 heteroatoms. The molecule has 0 radical (unpaired) electrons. The quantitative estimate of drug-likeness (QED) is 0.422. The Labute approximate surface area is 165 Å². The van der Waals surface area contributed by atoms with Crippen LogP contribution in [0.15, 0.2) is 64.4 Å². The molecule has 0 saturated heterocycles. The standard InChI is InChI=1S/C19H11F3N2O2S2/c20-19(21,22)18(25)24-17-15(11-5-2-1-3-6-11)23-16(26-17)14-9-8-13(28-14)12-7-4-10-27-12/h1-10H,(H,24,25). The summed E-state index contributed by atoms with van der Waals surface area (Å²) in [5.41, 5.74) is 0.671. The maximum absolute atomic E-state index is 12.7. The summed E-state index contributed by atoms with van der Waals surface area (Å²) in [6.07, 6.45) is -5.03. The lowest BCUT2D eigenvalue weighted by Crippen LogP contribution is -2.29. The van der Waals surface area contributed by atoms with Gasteiger partial charge < -0.3 is 4.42 Å². The maximum atomic E-state index is 12.7. The smallest absolute Gasteiger partial charge is 0.419 e. The number of thiophene rings is 2. The number of halogens is 3. The average Bonchev–Trinajstić information content (AvgIpc) is 3.41. The van der Waals surface area contributed by atoms with Gasteiger partial charge in [0.05, 0.1) is 4.88 Å². The molecule has 0 saturated carbocycles. The highest BCUT2D eigenvalue weighted by atomic mass is 32.1. The van der Waals surface area contributed by atoms with E-state index in [1.54, 1.807) is 53.1 Å². The van der Waals surface area contributed by atoms with E-state index < -0.39 is 12.1 Å². The summed E-state index contributed by atoms with van der Waals surface area (Å²) in [4.78, 5) is 18.5. The first-order valence-electron chi connectivity index (χ1n) is 8.00. The summed E-state index contributed by atoms with van der Waals surface area (Å²) in [5, 5.41) is 3.74. The molecule has 1 N–H and O–H groups in total. The van der Waals surface area contributed by atoms with Gasteiger partial charge in [-0.15, -0.1) is 22.7 Å². The number of alkyl halides is 3. The van der Waals surface area contributed by atoms with Crippen molar-refractivity contribution in [2.45, 2.75) is 6.18 Å². The Morgan fingerprint density at radius 1 is 0.964 bits per heavy atom. The third kappa shape index (κ3) is 3.71. The van der Waals surface area contributed by atoms with Crippen molar-refractivity contribution in [2.24, 2.45) is 0 Å². The van der Waals surface area contributed by atoms with Crippen molar-refractivity contribution >= 4 is 34.5 Å². The highest BCUT2D eigenvalue weighted by Crippen LogP contribution is 2.39. The van der Waals surface area contributed by atoms with Gasteiger partial charge in [-0.1, -0.05) is 36.4 Å². The lowest BCUT2D eigenvalue weighted by Gasteiger charge is -2.06. The number of nitrogens with one attached hydrogen (secondary N) is 1. The number of carbonyl (C=O) groups excluding carboxylic acids is 1. The number of hydrogen-bond donors (Lipinski definition) is 1. The minimum absolute atomic E-state index is 0.138. The van der Waals surface area contributed by atoms with Crippen LogP contribution in [0.2, 0.25) is 0 Å². The maximum Gasteiger partial charge on any atom is 0.471 e. The van der Waals surface area contributed by atoms with Gasteiger partial charge in [0, 0.05) is 15.3 Å². The van der Waals surface area contributed by atoms with Crippen LogP contribution in [-0.2, 0) is 4.79 Å². The molecule has 0 atom stereocenters. The zero-order valence-electron chi connectivity index (χ0n) is 14.0. The van der Waals surface area contributed by atoms with E-state index in [1.165, 1.54) is 11.3 Å². The second kappa shape index (κ2) is 7.25. The van der Waals surface area contributed by atoms with Gasteiger partial charge in [0.25, 0.3) is 0 Å². The summed E-state index contributed by atoms with van der Waals surface area (Å²) in [5.74, 6) is -2.31. The SMILES string of the molecule is O=C(Nc1oc(-c2ccc(-c3cccs3)s2)nc1-c1ccccc1)C(F)(F)F. The van der Waals surface area contributed by atoms with Crippen LogP contribution in [0.4, 0.5) is 19.1 Å². The first kappa shape index (κ1) is 18.5. The van der Waals surface area contributed by atoms with Gasteiger partial charge in [-0.05, 0) is 23.6 Å². The molecule has 4 nitrogen and oxygen atoms in total. The van der Waals surface area contributed by atoms with Gasteiger partial charge >= 0.3 is 12.1 Å². The van der Waals surface area contributed by atoms with Crippen LogP contribution in [0.3, 0.4) is 0 Å². The topological polar surface area (TPSA) is 55.1 Å². The molecule has 0 aliphatic heterocycles. The fourth-order valence-electron chi connectivity index (χ4n) is 2.48. The molecule has 0 aliphatic rings. The number of oxazole rings is 1. The van der Waals surface area contributed by atoms with E-state index >= 15 is 0 Å². The number of benzene rings is 1. The van der Waals surface area contributed by atoms with E-state index in [2.05, 4.69) is 4.98 Å². The van der Waals surface area contributed by atoms with E-state index in [9.17, 15) is 18.0 Å². The molecule has 0 bridgehead atoms. The summed E-state index contributed by atoms with van der Waals surface area (Å²) in [6.45, 7) is 0. The van der Waals surface area contributed by atoms with Gasteiger partial charge in [0.2, 0.25) is 11.8 Å². The Balaban J connectivity index is 1.74. The van der Waals surface area contributed by atoms with E-state index in [4.69, 9.17) is 4.42 Å². The van der Waals surface area contributed by atoms with Crippen LogP contribution in [0.5, 0.6) is 0 Å². The molecular formula is C19H11F3N2O2S2. The average molecular weight is 420 g/mol. The predicted octanol–water partition coefficient (Wildman–Crippen LogP) is 6.30. The molecule has 3 aromatic heterocycles. The highest BCUT2D eigenvalue weighted by Gasteiger charge is 2.40. The van der Waals surface area contributed by atoms with Crippen LogP contribution >= 0.6 is 22.7 Å². The molecular weight excluding hydrogens is 409 g/mol. The molecule has 0 spiro atoms. The van der Waals surface area contributed by atoms with Crippen LogP contribution in [0.1, 0.15) is 0 Å². The van der Waals surface area contributed by atoms with E-state index in [0.717, 1.165) is 9.75 Å². The van der Waals surface area contributed by atoms with E-state index in [0.29, 0.717) is 10.4 Å². The molecule has 28 heavy (non-hydrogen) atoms. The van der Waals surface area contributed by atoms with E-state index in [-0.39, 0.29) is 17.5 Å². The van der Waals surface area contributed by atoms with Gasteiger partial charge in [-0.3, -0.25) is 10.1 Å². The summed E-state index contributed by atoms with van der Waals surface area (Å²) >= 11 is 2.98. The lowest BCUT2D eigenvalue weighted by atomic mass is 10.1. The zero-order chi connectivity index (χ0) is 19.7. The zero-order valence-corrected chi connectivity index (χ0v) is 15.6. The van der Waals surface area contributed by atoms with Crippen molar-refractivity contribution < 1.29 is 22.4 Å². The van der Waals surface area contributed by atoms with Crippen molar-refractivity contribution in [3.8, 4) is 31.8 Å². The second-order valence-corrected chi connectivity index (χ2v) is 7.69. The number of nitrogens with zero attached hydrogens (tertiary/aromatic N) is 1. The second-order valence-electron chi connectivity index (χ2n) is 5.66. The molecule has 0 unspecified atom stereocenters. The molecule has 0 aliphatic carbocycles. The molecule has 142 valence electrons. The largest absolute Gasteiger partial charge is 0.471 e. The Hall–Kier alpha value is -2.91. The van der Waals surface area contributed by atoms with Gasteiger partial charge in [0.15, 0.2) is 0 Å². The van der Waals surface area contributed by atoms with Crippen molar-refractivity contribution in [2.75, 3.05) is 5.32 Å². The van der Waals surface area contributed by atoms with E-state index in [1.807, 2.05) is 23.6 Å². The predicted molar refractivity (Wildman–Crippen MR) is 103 cm³/mol. The van der Waals surface area contributed by atoms with Crippen LogP contribution in [0, 0.1) is 0 Å². The number of amides is 1. The normalized spacial score (nSPS) is 11.5. The minimum atomic E-state index is -5.03. The summed E-state index contributed by atoms with van der Waals surface area (Å²) < 4.78 is 43.6. The molecule has 1 amide bonds. The third-order valence-corrected chi connectivity index (χ3v) is 5.88. The monoisotopic (exact) mass is 420 g/mol. The number of carbonyl (C=O) groups is 1. The van der Waals surface area contributed by atoms with Crippen molar-refractivity contribution in [3.63, 3.8) is 0 Å². The van der Waals surface area contributed by atoms with Gasteiger partial charge in [0.1, 0.15) is 5.69 Å². The van der Waals surface area contributed by atoms with Crippen LogP contribution in [0.25, 0.3) is 31.8 Å². The number of rotatable bonds is 4. The summed E-state index contributed by atoms with van der Waals surface area (Å²) in [7, 11) is 0. The van der Waals surface area contributed by atoms with Crippen molar-refractivity contribution in [1.82, 2.24) is 4.98 Å². The summed E-state index contributed by atoms with van der Waals surface area (Å²) in [6, 6.07) is 16.2. The number of hydrogen-bond acceptors (Lipinski definition) is 5. The van der Waals surface area contributed by atoms with Crippen molar-refractivity contribution in [1.29, 1.82) is 0 Å². The molecule has 3 heterocycles. The van der Waals surface area contributed by atoms with Crippen LogP contribution < -0.4 is 5.32 Å². The first-order valence-corrected chi connectivity index (χ1v) is 9.70. The Morgan fingerprint density at radius 3 is 2.39 bits per heavy atom. The number of aromatic nitrogens is 1. The van der Waals surface area contributed by atoms with Crippen molar-refractivity contribution in [3.05, 3.63) is 60.0 Å². The fourth-order valence-corrected chi connectivity index (χ4v) is 4.25. The Morgan fingerprint density at radius 2 is 1.71 bits per heavy atom. The molecule has 0 fully saturated rings. The Kier molecular flexibility index (Phi) is 4.78.